The van der Waals surface area contributed by atoms with E-state index in [1.54, 1.807) is 6.08 Å². The summed E-state index contributed by atoms with van der Waals surface area (Å²) in [4.78, 5) is 25.6. The number of rotatable bonds is 63. The van der Waals surface area contributed by atoms with Gasteiger partial charge in [-0.25, -0.2) is 0 Å². The topological polar surface area (TPSA) is 108 Å². The van der Waals surface area contributed by atoms with Crippen LogP contribution in [0.2, 0.25) is 0 Å². The molecule has 0 spiro atoms. The van der Waals surface area contributed by atoms with Crippen LogP contribution >= 0.6 is 7.82 Å². The molecule has 0 aliphatic rings. The zero-order chi connectivity index (χ0) is 60.5. The Hall–Kier alpha value is -2.84. The van der Waals surface area contributed by atoms with E-state index >= 15 is 0 Å². The number of quaternary nitrogens is 1. The summed E-state index contributed by atoms with van der Waals surface area (Å²) in [5, 5.41) is 13.9. The molecule has 1 amide bonds. The molecule has 480 valence electrons. The van der Waals surface area contributed by atoms with Crippen molar-refractivity contribution in [2.45, 2.75) is 315 Å². The molecule has 0 radical (unpaired) electrons. The summed E-state index contributed by atoms with van der Waals surface area (Å²) in [6, 6.07) is -0.910. The first-order valence-corrected chi connectivity index (χ1v) is 36.2. The maximum Gasteiger partial charge on any atom is 0.268 e. The van der Waals surface area contributed by atoms with Gasteiger partial charge in [-0.05, 0) is 89.9 Å². The second-order valence-electron chi connectivity index (χ2n) is 24.5. The monoisotopic (exact) mass is 1180 g/mol. The number of carbonyl (C=O) groups excluding carboxylic acids is 1. The van der Waals surface area contributed by atoms with Crippen molar-refractivity contribution in [3.05, 3.63) is 109 Å². The molecule has 0 aromatic rings. The third-order valence-electron chi connectivity index (χ3n) is 15.2. The summed E-state index contributed by atoms with van der Waals surface area (Å²) in [6.07, 6.45) is 93.5. The van der Waals surface area contributed by atoms with E-state index < -0.39 is 26.6 Å². The Morgan fingerprint density at radius 2 is 0.747 bits per heavy atom. The third-order valence-corrected chi connectivity index (χ3v) is 16.2. The minimum atomic E-state index is -4.62. The van der Waals surface area contributed by atoms with Gasteiger partial charge in [0.25, 0.3) is 7.82 Å². The SMILES string of the molecule is CC/C=C\C/C=C\C/C=C\C/C=C\C/C=C\C/C=C\C/C=C\CCCCCCCCCCCCCCCCCC(=O)NC(COP(=O)([O-])OCC[N+](C)(C)C)C(O)/C=C/CC/C=C/CCCCCCCCCCCCCCCCCCCC. The van der Waals surface area contributed by atoms with Gasteiger partial charge in [-0.3, -0.25) is 9.36 Å². The van der Waals surface area contributed by atoms with Crippen molar-refractivity contribution < 1.29 is 32.9 Å². The normalized spacial score (nSPS) is 14.3. The van der Waals surface area contributed by atoms with Crippen molar-refractivity contribution in [3.63, 3.8) is 0 Å². The molecule has 0 saturated heterocycles. The van der Waals surface area contributed by atoms with Gasteiger partial charge in [-0.1, -0.05) is 316 Å². The summed E-state index contributed by atoms with van der Waals surface area (Å²) >= 11 is 0. The molecule has 3 unspecified atom stereocenters. The van der Waals surface area contributed by atoms with Crippen LogP contribution in [0.15, 0.2) is 109 Å². The molecule has 0 rings (SSSR count). The average Bonchev–Trinajstić information content (AvgIpc) is 3.50. The van der Waals surface area contributed by atoms with Crippen LogP contribution in [-0.4, -0.2) is 68.5 Å². The fraction of sp³-hybridized carbons (Fsp3) is 0.743. The van der Waals surface area contributed by atoms with Gasteiger partial charge in [-0.2, -0.15) is 0 Å². The van der Waals surface area contributed by atoms with Crippen molar-refractivity contribution >= 4 is 13.7 Å². The second-order valence-corrected chi connectivity index (χ2v) is 25.9. The predicted octanol–water partition coefficient (Wildman–Crippen LogP) is 21.6. The molecule has 8 nitrogen and oxygen atoms in total. The smallest absolute Gasteiger partial charge is 0.268 e. The van der Waals surface area contributed by atoms with Gasteiger partial charge in [-0.15, -0.1) is 0 Å². The molecule has 0 heterocycles. The average molecular weight is 1180 g/mol. The van der Waals surface area contributed by atoms with Gasteiger partial charge in [0.2, 0.25) is 5.91 Å². The van der Waals surface area contributed by atoms with Crippen LogP contribution in [0.25, 0.3) is 0 Å². The lowest BCUT2D eigenvalue weighted by Gasteiger charge is -2.29. The number of phosphoric acid groups is 1. The van der Waals surface area contributed by atoms with Crippen LogP contribution < -0.4 is 10.2 Å². The van der Waals surface area contributed by atoms with E-state index in [4.69, 9.17) is 9.05 Å². The second kappa shape index (κ2) is 63.7. The number of nitrogens with zero attached hydrogens (tertiary/aromatic N) is 1. The summed E-state index contributed by atoms with van der Waals surface area (Å²) in [6.45, 7) is 4.54. The van der Waals surface area contributed by atoms with Crippen molar-refractivity contribution in [1.29, 1.82) is 0 Å². The lowest BCUT2D eigenvalue weighted by atomic mass is 10.0. The molecule has 0 aromatic heterocycles. The van der Waals surface area contributed by atoms with E-state index in [0.717, 1.165) is 83.5 Å². The minimum absolute atomic E-state index is 0.00946. The zero-order valence-electron chi connectivity index (χ0n) is 54.9. The van der Waals surface area contributed by atoms with Crippen LogP contribution in [0.3, 0.4) is 0 Å². The van der Waals surface area contributed by atoms with Gasteiger partial charge in [0.1, 0.15) is 13.2 Å². The quantitative estimate of drug-likeness (QED) is 0.0272. The maximum absolute atomic E-state index is 13.0. The Kier molecular flexibility index (Phi) is 61.5. The number of phosphoric ester groups is 1. The molecule has 2 N–H and O–H groups in total. The van der Waals surface area contributed by atoms with Gasteiger partial charge >= 0.3 is 0 Å². The first kappa shape index (κ1) is 80.2. The lowest BCUT2D eigenvalue weighted by Crippen LogP contribution is -2.45. The molecular formula is C74H133N2O6P. The summed E-state index contributed by atoms with van der Waals surface area (Å²) < 4.78 is 23.4. The fourth-order valence-corrected chi connectivity index (χ4v) is 10.6. The highest BCUT2D eigenvalue weighted by atomic mass is 31.2. The van der Waals surface area contributed by atoms with Gasteiger partial charge in [0, 0.05) is 6.42 Å². The van der Waals surface area contributed by atoms with E-state index in [1.165, 1.54) is 199 Å². The molecule has 0 saturated carbocycles. The molecule has 0 fully saturated rings. The van der Waals surface area contributed by atoms with Gasteiger partial charge in [0.05, 0.1) is 39.9 Å². The van der Waals surface area contributed by atoms with Crippen LogP contribution in [0.4, 0.5) is 0 Å². The Morgan fingerprint density at radius 1 is 0.434 bits per heavy atom. The molecule has 0 aromatic carbocycles. The largest absolute Gasteiger partial charge is 0.756 e. The van der Waals surface area contributed by atoms with Crippen LogP contribution in [0.5, 0.6) is 0 Å². The fourth-order valence-electron chi connectivity index (χ4n) is 9.86. The van der Waals surface area contributed by atoms with E-state index in [9.17, 15) is 19.4 Å². The lowest BCUT2D eigenvalue weighted by molar-refractivity contribution is -0.870. The molecule has 3 atom stereocenters. The molecule has 0 aliphatic carbocycles. The highest BCUT2D eigenvalue weighted by Gasteiger charge is 2.23. The number of nitrogens with one attached hydrogen (secondary N) is 1. The number of likely N-dealkylation sites (N-methyl/N-ethyl adjacent to an activating group) is 1. The molecular weight excluding hydrogens is 1040 g/mol. The standard InChI is InChI=1S/C74H133N2O6P/c1-6-8-10-12-14-16-18-20-22-24-26-28-30-32-33-34-35-36-37-38-39-40-41-42-43-44-46-48-50-52-54-56-58-60-62-64-66-68-74(78)75-72(71-82-83(79,80)81-70-69-76(3,4)5)73(77)67-65-63-61-59-57-55-53-51-49-47-45-31-29-27-25-23-21-19-17-15-13-11-9-7-2/h8,10,14,16,20,22,26,28,32-33,35-36,38-39,57,59,65,67,72-73,77H,6-7,9,11-13,15,17-19,21,23-25,27,29-31,34,37,40-56,58,60-64,66,68-71H2,1-5H3,(H-,75,78,79,80)/b10-8-,16-14-,22-20-,28-26-,33-32-,36-35-,39-38-,59-57+,67-65+. The highest BCUT2D eigenvalue weighted by Crippen LogP contribution is 2.38. The molecule has 0 bridgehead atoms. The van der Waals surface area contributed by atoms with Gasteiger partial charge in [0.15, 0.2) is 0 Å². The number of aliphatic hydroxyl groups is 1. The Balaban J connectivity index is 4.10. The number of aliphatic hydroxyl groups excluding tert-OH is 1. The molecule has 0 aliphatic heterocycles. The number of hydrogen-bond donors (Lipinski definition) is 2. The Morgan fingerprint density at radius 3 is 1.12 bits per heavy atom. The zero-order valence-corrected chi connectivity index (χ0v) is 55.8. The molecule has 9 heteroatoms. The summed E-state index contributed by atoms with van der Waals surface area (Å²) in [7, 11) is 1.24. The van der Waals surface area contributed by atoms with E-state index in [-0.39, 0.29) is 12.5 Å². The van der Waals surface area contributed by atoms with Gasteiger partial charge < -0.3 is 28.8 Å². The van der Waals surface area contributed by atoms with Crippen molar-refractivity contribution in [3.8, 4) is 0 Å². The minimum Gasteiger partial charge on any atom is -0.756 e. The number of allylic oxidation sites excluding steroid dienone is 17. The van der Waals surface area contributed by atoms with Crippen molar-refractivity contribution in [1.82, 2.24) is 5.32 Å². The molecule has 83 heavy (non-hydrogen) atoms. The van der Waals surface area contributed by atoms with Crippen LogP contribution in [-0.2, 0) is 18.4 Å². The third kappa shape index (κ3) is 66.5. The first-order valence-electron chi connectivity index (χ1n) is 34.7. The van der Waals surface area contributed by atoms with Crippen LogP contribution in [0, 0.1) is 0 Å². The summed E-state index contributed by atoms with van der Waals surface area (Å²) in [5.74, 6) is -0.208. The first-order chi connectivity index (χ1) is 40.5. The van der Waals surface area contributed by atoms with Crippen molar-refractivity contribution in [2.24, 2.45) is 0 Å². The Bertz CT molecular complexity index is 1720. The number of carbonyl (C=O) groups is 1. The van der Waals surface area contributed by atoms with Crippen molar-refractivity contribution in [2.75, 3.05) is 40.9 Å². The number of amides is 1. The van der Waals surface area contributed by atoms with E-state index in [2.05, 4.69) is 116 Å². The predicted molar refractivity (Wildman–Crippen MR) is 362 cm³/mol. The maximum atomic E-state index is 13.0. The Labute approximate surface area is 514 Å². The van der Waals surface area contributed by atoms with E-state index in [1.807, 2.05) is 27.2 Å². The number of hydrogen-bond acceptors (Lipinski definition) is 6. The highest BCUT2D eigenvalue weighted by molar-refractivity contribution is 7.45. The summed E-state index contributed by atoms with van der Waals surface area (Å²) in [5.41, 5.74) is 0. The van der Waals surface area contributed by atoms with E-state index in [0.29, 0.717) is 17.4 Å². The van der Waals surface area contributed by atoms with Crippen LogP contribution in [0.1, 0.15) is 303 Å². The number of unbranched alkanes of at least 4 members (excludes halogenated alkanes) is 34.